The van der Waals surface area contributed by atoms with Gasteiger partial charge in [0.25, 0.3) is 0 Å². The van der Waals surface area contributed by atoms with E-state index in [1.807, 2.05) is 7.05 Å². The summed E-state index contributed by atoms with van der Waals surface area (Å²) >= 11 is 0. The van der Waals surface area contributed by atoms with Crippen molar-refractivity contribution in [3.05, 3.63) is 29.1 Å². The Bertz CT molecular complexity index is 635. The van der Waals surface area contributed by atoms with Gasteiger partial charge in [-0.3, -0.25) is 4.79 Å². The van der Waals surface area contributed by atoms with Crippen molar-refractivity contribution in [2.24, 2.45) is 0 Å². The zero-order chi connectivity index (χ0) is 22.4. The maximum absolute atomic E-state index is 13.4. The molecular weight excluding hydrogens is 421 g/mol. The number of esters is 1. The topological polar surface area (TPSA) is 75.3 Å². The third-order valence-corrected chi connectivity index (χ3v) is 3.45. The lowest BCUT2D eigenvalue weighted by molar-refractivity contribution is -0.136. The maximum Gasteiger partial charge on any atom is 0.313 e. The molecule has 0 fully saturated rings. The molecule has 0 aliphatic carbocycles. The molecule has 30 heavy (non-hydrogen) atoms. The Morgan fingerprint density at radius 2 is 1.07 bits per heavy atom. The van der Waals surface area contributed by atoms with Crippen LogP contribution >= 0.6 is 0 Å². The van der Waals surface area contributed by atoms with Gasteiger partial charge in [-0.15, -0.1) is 0 Å². The number of benzene rings is 1. The molecule has 0 heterocycles. The molecule has 0 bridgehead atoms. The molecule has 0 atom stereocenters. The smallest absolute Gasteiger partial charge is 0.313 e. The quantitative estimate of drug-likeness (QED) is 0.104. The van der Waals surface area contributed by atoms with Crippen molar-refractivity contribution >= 4 is 5.97 Å². The van der Waals surface area contributed by atoms with Crippen molar-refractivity contribution in [3.63, 3.8) is 0 Å². The number of halogens is 5. The summed E-state index contributed by atoms with van der Waals surface area (Å²) in [6.07, 6.45) is -0.462. The normalized spacial score (nSPS) is 11.1. The number of hydrogen-bond acceptors (Lipinski definition) is 7. The monoisotopic (exact) mass is 445 g/mol. The molecule has 1 rings (SSSR count). The highest BCUT2D eigenvalue weighted by Gasteiger charge is 2.28. The first-order valence-electron chi connectivity index (χ1n) is 9.07. The van der Waals surface area contributed by atoms with Gasteiger partial charge in [-0.25, -0.2) is 13.2 Å². The highest BCUT2D eigenvalue weighted by molar-refractivity contribution is 5.72. The van der Waals surface area contributed by atoms with E-state index in [4.69, 9.17) is 18.9 Å². The zero-order valence-corrected chi connectivity index (χ0v) is 16.4. The summed E-state index contributed by atoms with van der Waals surface area (Å²) in [5.74, 6) is -14.0. The molecular formula is C18H24F5NO6. The Morgan fingerprint density at radius 3 is 1.53 bits per heavy atom. The summed E-state index contributed by atoms with van der Waals surface area (Å²) < 4.78 is 90.8. The number of nitrogens with one attached hydrogen (secondary N) is 1. The molecule has 172 valence electrons. The Balaban J connectivity index is 2.09. The molecule has 0 unspecified atom stereocenters. The van der Waals surface area contributed by atoms with Gasteiger partial charge in [-0.1, -0.05) is 0 Å². The molecule has 1 aromatic rings. The van der Waals surface area contributed by atoms with Gasteiger partial charge in [0.1, 0.15) is 0 Å². The molecule has 0 saturated carbocycles. The Labute approximate surface area is 170 Å². The minimum absolute atomic E-state index is 0.114. The molecule has 0 aromatic heterocycles. The van der Waals surface area contributed by atoms with Gasteiger partial charge >= 0.3 is 5.97 Å². The number of carbonyl (C=O) groups excluding carboxylic acids is 1. The minimum Gasteiger partial charge on any atom is -0.420 e. The number of likely N-dealkylation sites (N-methyl/N-ethyl adjacent to an activating group) is 1. The predicted octanol–water partition coefficient (Wildman–Crippen LogP) is 1.96. The number of ether oxygens (including phenoxy) is 5. The van der Waals surface area contributed by atoms with Crippen molar-refractivity contribution in [2.45, 2.75) is 6.42 Å². The van der Waals surface area contributed by atoms with Crippen LogP contribution in [-0.2, 0) is 23.7 Å². The van der Waals surface area contributed by atoms with E-state index in [2.05, 4.69) is 10.1 Å². The molecule has 0 radical (unpaired) electrons. The first-order chi connectivity index (χ1) is 14.4. The predicted molar refractivity (Wildman–Crippen MR) is 93.7 cm³/mol. The second kappa shape index (κ2) is 15.0. The van der Waals surface area contributed by atoms with Gasteiger partial charge in [-0.2, -0.15) is 8.78 Å². The summed E-state index contributed by atoms with van der Waals surface area (Å²) in [6.45, 7) is 3.09. The third-order valence-electron chi connectivity index (χ3n) is 3.45. The Hall–Kier alpha value is -1.86. The fraction of sp³-hybridized carbons (Fsp3) is 0.611. The van der Waals surface area contributed by atoms with E-state index >= 15 is 0 Å². The summed E-state index contributed by atoms with van der Waals surface area (Å²) in [5, 5.41) is 2.94. The molecule has 0 amide bonds. The first kappa shape index (κ1) is 26.2. The molecule has 1 aromatic carbocycles. The van der Waals surface area contributed by atoms with Crippen LogP contribution in [0.2, 0.25) is 0 Å². The summed E-state index contributed by atoms with van der Waals surface area (Å²) in [5.41, 5.74) is 0. The van der Waals surface area contributed by atoms with E-state index < -0.39 is 47.2 Å². The van der Waals surface area contributed by atoms with Gasteiger partial charge < -0.3 is 29.0 Å². The standard InChI is InChI=1S/C18H24F5NO6/c1-24-3-5-27-7-9-29-11-10-28-8-6-26-4-2-12(25)30-18-16(22)14(20)13(19)15(21)17(18)23/h24H,2-11H2,1H3. The third kappa shape index (κ3) is 9.30. The van der Waals surface area contributed by atoms with Crippen LogP contribution in [0.4, 0.5) is 22.0 Å². The van der Waals surface area contributed by atoms with Crippen LogP contribution in [0.3, 0.4) is 0 Å². The highest BCUT2D eigenvalue weighted by Crippen LogP contribution is 2.29. The van der Waals surface area contributed by atoms with E-state index in [-0.39, 0.29) is 19.8 Å². The van der Waals surface area contributed by atoms with Crippen molar-refractivity contribution < 1.29 is 50.4 Å². The summed E-state index contributed by atoms with van der Waals surface area (Å²) in [6, 6.07) is 0. The second-order valence-electron chi connectivity index (χ2n) is 5.68. The SMILES string of the molecule is CNCCOCCOCCOCCOCCC(=O)Oc1c(F)c(F)c(F)c(F)c1F. The molecule has 7 nitrogen and oxygen atoms in total. The molecule has 0 aliphatic heterocycles. The molecule has 0 aliphatic rings. The van der Waals surface area contributed by atoms with Crippen molar-refractivity contribution in [1.82, 2.24) is 5.32 Å². The van der Waals surface area contributed by atoms with Crippen LogP contribution in [0, 0.1) is 29.1 Å². The van der Waals surface area contributed by atoms with Crippen LogP contribution in [-0.4, -0.2) is 72.4 Å². The average Bonchev–Trinajstić information content (AvgIpc) is 2.74. The van der Waals surface area contributed by atoms with E-state index in [0.717, 1.165) is 6.54 Å². The van der Waals surface area contributed by atoms with Gasteiger partial charge in [0.15, 0.2) is 0 Å². The van der Waals surface area contributed by atoms with E-state index in [1.165, 1.54) is 0 Å². The molecule has 12 heteroatoms. The number of rotatable bonds is 16. The molecule has 1 N–H and O–H groups in total. The summed E-state index contributed by atoms with van der Waals surface area (Å²) in [7, 11) is 1.83. The summed E-state index contributed by atoms with van der Waals surface area (Å²) in [4.78, 5) is 11.5. The Kier molecular flexibility index (Phi) is 13.1. The lowest BCUT2D eigenvalue weighted by Gasteiger charge is -2.09. The largest absolute Gasteiger partial charge is 0.420 e. The van der Waals surface area contributed by atoms with Crippen LogP contribution in [0.1, 0.15) is 6.42 Å². The van der Waals surface area contributed by atoms with Gasteiger partial charge in [0, 0.05) is 6.54 Å². The second-order valence-corrected chi connectivity index (χ2v) is 5.68. The van der Waals surface area contributed by atoms with Crippen LogP contribution in [0.5, 0.6) is 5.75 Å². The van der Waals surface area contributed by atoms with Crippen LogP contribution < -0.4 is 10.1 Å². The van der Waals surface area contributed by atoms with Gasteiger partial charge in [0.05, 0.1) is 59.3 Å². The number of hydrogen-bond donors (Lipinski definition) is 1. The first-order valence-corrected chi connectivity index (χ1v) is 9.07. The minimum atomic E-state index is -2.34. The Morgan fingerprint density at radius 1 is 0.667 bits per heavy atom. The van der Waals surface area contributed by atoms with E-state index in [1.54, 1.807) is 0 Å². The van der Waals surface area contributed by atoms with Crippen molar-refractivity contribution in [1.29, 1.82) is 0 Å². The molecule has 0 spiro atoms. The van der Waals surface area contributed by atoms with Gasteiger partial charge in [-0.05, 0) is 7.05 Å². The zero-order valence-electron chi connectivity index (χ0n) is 16.4. The number of carbonyl (C=O) groups is 1. The van der Waals surface area contributed by atoms with Crippen LogP contribution in [0.25, 0.3) is 0 Å². The van der Waals surface area contributed by atoms with E-state index in [0.29, 0.717) is 33.0 Å². The fourth-order valence-corrected chi connectivity index (χ4v) is 1.93. The highest BCUT2D eigenvalue weighted by atomic mass is 19.2. The van der Waals surface area contributed by atoms with E-state index in [9.17, 15) is 26.7 Å². The fourth-order valence-electron chi connectivity index (χ4n) is 1.93. The molecule has 0 saturated heterocycles. The van der Waals surface area contributed by atoms with Crippen molar-refractivity contribution in [2.75, 3.05) is 66.4 Å². The lowest BCUT2D eigenvalue weighted by atomic mass is 10.2. The lowest BCUT2D eigenvalue weighted by Crippen LogP contribution is -2.17. The van der Waals surface area contributed by atoms with Crippen LogP contribution in [0.15, 0.2) is 0 Å². The maximum atomic E-state index is 13.4. The van der Waals surface area contributed by atoms with Crippen molar-refractivity contribution in [3.8, 4) is 5.75 Å². The average molecular weight is 445 g/mol. The van der Waals surface area contributed by atoms with Gasteiger partial charge in [0.2, 0.25) is 34.8 Å².